The number of nitrogens with two attached hydrogens (primary N) is 1. The summed E-state index contributed by atoms with van der Waals surface area (Å²) in [6.07, 6.45) is 5.39. The highest BCUT2D eigenvalue weighted by molar-refractivity contribution is 5.30. The van der Waals surface area contributed by atoms with E-state index in [1.807, 2.05) is 25.1 Å². The van der Waals surface area contributed by atoms with Crippen LogP contribution in [0.25, 0.3) is 0 Å². The van der Waals surface area contributed by atoms with Gasteiger partial charge in [-0.1, -0.05) is 25.0 Å². The summed E-state index contributed by atoms with van der Waals surface area (Å²) in [5.74, 6) is 1.72. The van der Waals surface area contributed by atoms with Crippen molar-refractivity contribution in [1.82, 2.24) is 0 Å². The van der Waals surface area contributed by atoms with E-state index >= 15 is 0 Å². The maximum atomic E-state index is 5.85. The van der Waals surface area contributed by atoms with E-state index in [0.29, 0.717) is 0 Å². The highest BCUT2D eigenvalue weighted by atomic mass is 16.5. The molecule has 88 valence electrons. The minimum atomic E-state index is 0.0787. The second kappa shape index (κ2) is 5.35. The second-order valence-corrected chi connectivity index (χ2v) is 4.82. The summed E-state index contributed by atoms with van der Waals surface area (Å²) in [6, 6.07) is 8.21. The average molecular weight is 219 g/mol. The Labute approximate surface area is 97.8 Å². The molecule has 2 rings (SSSR count). The summed E-state index contributed by atoms with van der Waals surface area (Å²) < 4.78 is 5.83. The lowest BCUT2D eigenvalue weighted by Gasteiger charge is -2.13. The van der Waals surface area contributed by atoms with Gasteiger partial charge in [-0.05, 0) is 43.4 Å². The predicted octanol–water partition coefficient (Wildman–Crippen LogP) is 3.28. The molecule has 1 aromatic rings. The molecule has 1 aromatic carbocycles. The van der Waals surface area contributed by atoms with Gasteiger partial charge in [0.25, 0.3) is 0 Å². The number of hydrogen-bond donors (Lipinski definition) is 1. The molecule has 0 heterocycles. The molecular weight excluding hydrogens is 198 g/mol. The zero-order valence-corrected chi connectivity index (χ0v) is 9.99. The van der Waals surface area contributed by atoms with E-state index in [-0.39, 0.29) is 6.04 Å². The maximum Gasteiger partial charge on any atom is 0.119 e. The fourth-order valence-corrected chi connectivity index (χ4v) is 2.28. The molecule has 0 bridgehead atoms. The molecular formula is C14H21NO. The highest BCUT2D eigenvalue weighted by Gasteiger charge is 2.15. The van der Waals surface area contributed by atoms with Crippen LogP contribution < -0.4 is 10.5 Å². The molecule has 2 heteroatoms. The van der Waals surface area contributed by atoms with Crippen molar-refractivity contribution in [3.63, 3.8) is 0 Å². The Hall–Kier alpha value is -1.02. The summed E-state index contributed by atoms with van der Waals surface area (Å²) in [5.41, 5.74) is 6.99. The zero-order chi connectivity index (χ0) is 11.4. The van der Waals surface area contributed by atoms with Gasteiger partial charge in [0.15, 0.2) is 0 Å². The van der Waals surface area contributed by atoms with Gasteiger partial charge in [0.2, 0.25) is 0 Å². The van der Waals surface area contributed by atoms with Crippen molar-refractivity contribution in [2.24, 2.45) is 11.7 Å². The van der Waals surface area contributed by atoms with Gasteiger partial charge in [0, 0.05) is 6.04 Å². The number of rotatable bonds is 4. The number of benzene rings is 1. The van der Waals surface area contributed by atoms with Crippen LogP contribution in [0.15, 0.2) is 24.3 Å². The van der Waals surface area contributed by atoms with E-state index < -0.39 is 0 Å². The molecule has 0 spiro atoms. The van der Waals surface area contributed by atoms with Gasteiger partial charge in [-0.2, -0.15) is 0 Å². The third kappa shape index (κ3) is 2.99. The topological polar surface area (TPSA) is 35.2 Å². The fourth-order valence-electron chi connectivity index (χ4n) is 2.28. The van der Waals surface area contributed by atoms with Crippen LogP contribution in [0.5, 0.6) is 5.75 Å². The largest absolute Gasteiger partial charge is 0.493 e. The van der Waals surface area contributed by atoms with Crippen molar-refractivity contribution in [3.8, 4) is 5.75 Å². The van der Waals surface area contributed by atoms with Crippen molar-refractivity contribution >= 4 is 0 Å². The lowest BCUT2D eigenvalue weighted by atomic mass is 10.1. The van der Waals surface area contributed by atoms with E-state index in [1.54, 1.807) is 0 Å². The van der Waals surface area contributed by atoms with Gasteiger partial charge in [0.1, 0.15) is 5.75 Å². The summed E-state index contributed by atoms with van der Waals surface area (Å²) in [7, 11) is 0. The van der Waals surface area contributed by atoms with Crippen molar-refractivity contribution in [1.29, 1.82) is 0 Å². The fraction of sp³-hybridized carbons (Fsp3) is 0.571. The zero-order valence-electron chi connectivity index (χ0n) is 9.99. The Balaban J connectivity index is 1.90. The molecule has 0 amide bonds. The van der Waals surface area contributed by atoms with Crippen LogP contribution in [-0.4, -0.2) is 6.61 Å². The first-order chi connectivity index (χ1) is 7.75. The van der Waals surface area contributed by atoms with Gasteiger partial charge in [0.05, 0.1) is 6.61 Å². The molecule has 2 N–H and O–H groups in total. The van der Waals surface area contributed by atoms with E-state index in [1.165, 1.54) is 25.7 Å². The Bertz CT molecular complexity index is 329. The van der Waals surface area contributed by atoms with Gasteiger partial charge < -0.3 is 10.5 Å². The van der Waals surface area contributed by atoms with Crippen molar-refractivity contribution in [2.75, 3.05) is 6.61 Å². The van der Waals surface area contributed by atoms with E-state index in [0.717, 1.165) is 23.8 Å². The molecule has 2 nitrogen and oxygen atoms in total. The van der Waals surface area contributed by atoms with E-state index in [9.17, 15) is 0 Å². The summed E-state index contributed by atoms with van der Waals surface area (Å²) in [4.78, 5) is 0. The second-order valence-electron chi connectivity index (χ2n) is 4.82. The normalized spacial score (nSPS) is 18.6. The molecule has 0 radical (unpaired) electrons. The lowest BCUT2D eigenvalue weighted by molar-refractivity contribution is 0.252. The highest BCUT2D eigenvalue weighted by Crippen LogP contribution is 2.26. The Morgan fingerprint density at radius 2 is 2.12 bits per heavy atom. The average Bonchev–Trinajstić information content (AvgIpc) is 2.79. The standard InChI is InChI=1S/C14H21NO/c1-11(15)13-7-4-8-14(9-13)16-10-12-5-2-3-6-12/h4,7-9,11-12H,2-3,5-6,10,15H2,1H3/t11-/m1/s1. The van der Waals surface area contributed by atoms with Crippen molar-refractivity contribution < 1.29 is 4.74 Å². The summed E-state index contributed by atoms with van der Waals surface area (Å²) in [5, 5.41) is 0. The maximum absolute atomic E-state index is 5.85. The summed E-state index contributed by atoms with van der Waals surface area (Å²) in [6.45, 7) is 2.86. The van der Waals surface area contributed by atoms with E-state index in [2.05, 4.69) is 6.07 Å². The number of hydrogen-bond acceptors (Lipinski definition) is 2. The van der Waals surface area contributed by atoms with Gasteiger partial charge in [-0.25, -0.2) is 0 Å². The molecule has 1 fully saturated rings. The number of ether oxygens (including phenoxy) is 1. The first kappa shape index (κ1) is 11.5. The summed E-state index contributed by atoms with van der Waals surface area (Å²) >= 11 is 0. The molecule has 0 aliphatic heterocycles. The molecule has 16 heavy (non-hydrogen) atoms. The van der Waals surface area contributed by atoms with Crippen molar-refractivity contribution in [3.05, 3.63) is 29.8 Å². The quantitative estimate of drug-likeness (QED) is 0.843. The Morgan fingerprint density at radius 3 is 2.81 bits per heavy atom. The molecule has 0 aromatic heterocycles. The van der Waals surface area contributed by atoms with Crippen LogP contribution >= 0.6 is 0 Å². The third-order valence-electron chi connectivity index (χ3n) is 3.34. The van der Waals surface area contributed by atoms with Crippen LogP contribution in [0, 0.1) is 5.92 Å². The minimum Gasteiger partial charge on any atom is -0.493 e. The molecule has 1 atom stereocenters. The SMILES string of the molecule is C[C@@H](N)c1cccc(OCC2CCCC2)c1. The third-order valence-corrected chi connectivity index (χ3v) is 3.34. The van der Waals surface area contributed by atoms with Crippen LogP contribution in [-0.2, 0) is 0 Å². The van der Waals surface area contributed by atoms with Gasteiger partial charge >= 0.3 is 0 Å². The van der Waals surface area contributed by atoms with Crippen LogP contribution in [0.1, 0.15) is 44.2 Å². The predicted molar refractivity (Wildman–Crippen MR) is 66.5 cm³/mol. The molecule has 1 aliphatic carbocycles. The minimum absolute atomic E-state index is 0.0787. The Kier molecular flexibility index (Phi) is 3.83. The first-order valence-corrected chi connectivity index (χ1v) is 6.24. The monoisotopic (exact) mass is 219 g/mol. The van der Waals surface area contributed by atoms with Gasteiger partial charge in [-0.15, -0.1) is 0 Å². The molecule has 0 saturated heterocycles. The van der Waals surface area contributed by atoms with Crippen LogP contribution in [0.3, 0.4) is 0 Å². The van der Waals surface area contributed by atoms with Gasteiger partial charge in [-0.3, -0.25) is 0 Å². The molecule has 1 aliphatic rings. The smallest absolute Gasteiger partial charge is 0.119 e. The first-order valence-electron chi connectivity index (χ1n) is 6.24. The van der Waals surface area contributed by atoms with E-state index in [4.69, 9.17) is 10.5 Å². The lowest BCUT2D eigenvalue weighted by Crippen LogP contribution is -2.09. The molecule has 1 saturated carbocycles. The van der Waals surface area contributed by atoms with Crippen molar-refractivity contribution in [2.45, 2.75) is 38.6 Å². The van der Waals surface area contributed by atoms with Crippen LogP contribution in [0.2, 0.25) is 0 Å². The Morgan fingerprint density at radius 1 is 1.38 bits per heavy atom. The molecule has 0 unspecified atom stereocenters. The van der Waals surface area contributed by atoms with Crippen LogP contribution in [0.4, 0.5) is 0 Å².